The molecule has 5 rings (SSSR count). The molecule has 0 unspecified atom stereocenters. The highest BCUT2D eigenvalue weighted by Crippen LogP contribution is 2.25. The zero-order chi connectivity index (χ0) is 22.8. The summed E-state index contributed by atoms with van der Waals surface area (Å²) in [6.45, 7) is 1.05. The normalized spacial score (nSPS) is 16.2. The molecule has 0 aliphatic carbocycles. The van der Waals surface area contributed by atoms with Gasteiger partial charge in [-0.2, -0.15) is 20.1 Å². The van der Waals surface area contributed by atoms with Gasteiger partial charge >= 0.3 is 0 Å². The van der Waals surface area contributed by atoms with Crippen LogP contribution in [0.1, 0.15) is 29.6 Å². The fourth-order valence-electron chi connectivity index (χ4n) is 4.16. The first kappa shape index (κ1) is 20.9. The summed E-state index contributed by atoms with van der Waals surface area (Å²) in [5.74, 6) is -1.16. The molecule has 0 saturated carbocycles. The molecule has 4 aromatic rings. The number of amides is 1. The van der Waals surface area contributed by atoms with E-state index in [2.05, 4.69) is 20.3 Å². The summed E-state index contributed by atoms with van der Waals surface area (Å²) in [7, 11) is 0. The lowest BCUT2D eigenvalue weighted by atomic mass is 10.00. The van der Waals surface area contributed by atoms with E-state index >= 15 is 0 Å². The lowest BCUT2D eigenvalue weighted by molar-refractivity contribution is 0.0583. The molecule has 1 atom stereocenters. The summed E-state index contributed by atoms with van der Waals surface area (Å²) in [6, 6.07) is 6.88. The van der Waals surface area contributed by atoms with Crippen LogP contribution in [0.3, 0.4) is 0 Å². The van der Waals surface area contributed by atoms with Crippen molar-refractivity contribution in [2.75, 3.05) is 6.54 Å². The largest absolute Gasteiger partial charge is 0.334 e. The topological polar surface area (TPSA) is 81.7 Å². The molecule has 1 aromatic carbocycles. The summed E-state index contributed by atoms with van der Waals surface area (Å²) in [6.07, 6.45) is 10.3. The van der Waals surface area contributed by atoms with Gasteiger partial charge in [0, 0.05) is 18.3 Å². The Morgan fingerprint density at radius 3 is 2.61 bits per heavy atom. The maximum atomic E-state index is 14.1. The number of rotatable bonds is 5. The number of aromatic nitrogens is 6. The third-order valence-electron chi connectivity index (χ3n) is 5.77. The first-order chi connectivity index (χ1) is 16.1. The van der Waals surface area contributed by atoms with Crippen molar-refractivity contribution >= 4 is 5.91 Å². The summed E-state index contributed by atoms with van der Waals surface area (Å²) in [4.78, 5) is 20.7. The van der Waals surface area contributed by atoms with Crippen molar-refractivity contribution in [3.05, 3.63) is 78.5 Å². The standard InChI is InChI=1S/C23H21F2N7O/c24-17-5-7-22(32-27-8-9-28-32)20(11-17)23(33)31-10-2-1-3-19(31)15-30-14-16(12-29-30)21-6-4-18(25)13-26-21/h4-9,11-14,19H,1-3,10,15H2/t19-/m0/s1. The van der Waals surface area contributed by atoms with Crippen LogP contribution >= 0.6 is 0 Å². The van der Waals surface area contributed by atoms with E-state index in [1.807, 2.05) is 6.20 Å². The van der Waals surface area contributed by atoms with E-state index in [9.17, 15) is 13.6 Å². The maximum absolute atomic E-state index is 14.1. The van der Waals surface area contributed by atoms with Crippen LogP contribution < -0.4 is 0 Å². The smallest absolute Gasteiger partial charge is 0.256 e. The number of hydrogen-bond donors (Lipinski definition) is 0. The van der Waals surface area contributed by atoms with E-state index in [4.69, 9.17) is 0 Å². The minimum absolute atomic E-state index is 0.109. The Bertz CT molecular complexity index is 1250. The van der Waals surface area contributed by atoms with Crippen LogP contribution in [0.2, 0.25) is 0 Å². The molecule has 0 bridgehead atoms. The van der Waals surface area contributed by atoms with Gasteiger partial charge in [-0.05, 0) is 49.6 Å². The number of benzene rings is 1. The van der Waals surface area contributed by atoms with Gasteiger partial charge in [0.2, 0.25) is 0 Å². The van der Waals surface area contributed by atoms with E-state index in [1.54, 1.807) is 21.8 Å². The molecule has 4 heterocycles. The molecule has 0 spiro atoms. The molecular weight excluding hydrogens is 428 g/mol. The van der Waals surface area contributed by atoms with Crippen LogP contribution in [0.15, 0.2) is 61.3 Å². The number of carbonyl (C=O) groups is 1. The van der Waals surface area contributed by atoms with Gasteiger partial charge in [0.15, 0.2) is 0 Å². The van der Waals surface area contributed by atoms with Gasteiger partial charge in [-0.15, -0.1) is 0 Å². The lowest BCUT2D eigenvalue weighted by Crippen LogP contribution is -2.46. The summed E-state index contributed by atoms with van der Waals surface area (Å²) in [5, 5.41) is 12.6. The molecule has 1 amide bonds. The van der Waals surface area contributed by atoms with Gasteiger partial charge < -0.3 is 4.90 Å². The van der Waals surface area contributed by atoms with Crippen molar-refractivity contribution in [3.8, 4) is 16.9 Å². The molecule has 3 aromatic heterocycles. The average molecular weight is 449 g/mol. The van der Waals surface area contributed by atoms with E-state index in [-0.39, 0.29) is 17.5 Å². The zero-order valence-corrected chi connectivity index (χ0v) is 17.7. The molecule has 168 valence electrons. The maximum Gasteiger partial charge on any atom is 0.256 e. The van der Waals surface area contributed by atoms with Gasteiger partial charge in [0.25, 0.3) is 5.91 Å². The van der Waals surface area contributed by atoms with Crippen LogP contribution in [0, 0.1) is 11.6 Å². The molecule has 0 N–H and O–H groups in total. The fraction of sp³-hybridized carbons (Fsp3) is 0.261. The van der Waals surface area contributed by atoms with Crippen molar-refractivity contribution in [2.45, 2.75) is 31.8 Å². The number of carbonyl (C=O) groups excluding carboxylic acids is 1. The molecule has 1 aliphatic rings. The Morgan fingerprint density at radius 2 is 1.82 bits per heavy atom. The number of halogens is 2. The van der Waals surface area contributed by atoms with Gasteiger partial charge in [0.1, 0.15) is 11.6 Å². The highest BCUT2D eigenvalue weighted by molar-refractivity contribution is 5.98. The van der Waals surface area contributed by atoms with Crippen LogP contribution in [0.4, 0.5) is 8.78 Å². The lowest BCUT2D eigenvalue weighted by Gasteiger charge is -2.36. The number of nitrogens with zero attached hydrogens (tertiary/aromatic N) is 7. The van der Waals surface area contributed by atoms with Gasteiger partial charge in [-0.25, -0.2) is 8.78 Å². The highest BCUT2D eigenvalue weighted by Gasteiger charge is 2.30. The second kappa shape index (κ2) is 8.89. The van der Waals surface area contributed by atoms with Crippen molar-refractivity contribution in [3.63, 3.8) is 0 Å². The van der Waals surface area contributed by atoms with Crippen molar-refractivity contribution in [2.24, 2.45) is 0 Å². The molecular formula is C23H21F2N7O. The second-order valence-corrected chi connectivity index (χ2v) is 7.94. The Morgan fingerprint density at radius 1 is 1.00 bits per heavy atom. The summed E-state index contributed by atoms with van der Waals surface area (Å²) in [5.41, 5.74) is 2.03. The third kappa shape index (κ3) is 4.36. The molecule has 33 heavy (non-hydrogen) atoms. The Kier molecular flexibility index (Phi) is 5.64. The molecule has 0 radical (unpaired) electrons. The number of hydrogen-bond acceptors (Lipinski definition) is 5. The monoisotopic (exact) mass is 449 g/mol. The molecule has 1 aliphatic heterocycles. The Hall–Kier alpha value is -3.95. The molecule has 8 nitrogen and oxygen atoms in total. The van der Waals surface area contributed by atoms with Crippen molar-refractivity contribution in [1.29, 1.82) is 0 Å². The van der Waals surface area contributed by atoms with Crippen LogP contribution in [-0.4, -0.2) is 53.2 Å². The van der Waals surface area contributed by atoms with E-state index in [0.29, 0.717) is 24.5 Å². The highest BCUT2D eigenvalue weighted by atomic mass is 19.1. The van der Waals surface area contributed by atoms with E-state index < -0.39 is 11.6 Å². The van der Waals surface area contributed by atoms with Gasteiger partial charge in [-0.1, -0.05) is 0 Å². The van der Waals surface area contributed by atoms with Crippen LogP contribution in [-0.2, 0) is 6.54 Å². The number of likely N-dealkylation sites (tertiary alicyclic amines) is 1. The van der Waals surface area contributed by atoms with Crippen molar-refractivity contribution in [1.82, 2.24) is 34.7 Å². The Balaban J connectivity index is 1.39. The Labute approximate surface area is 188 Å². The second-order valence-electron chi connectivity index (χ2n) is 7.94. The summed E-state index contributed by atoms with van der Waals surface area (Å²) < 4.78 is 29.0. The van der Waals surface area contributed by atoms with E-state index in [1.165, 1.54) is 47.7 Å². The first-order valence-electron chi connectivity index (χ1n) is 10.7. The summed E-state index contributed by atoms with van der Waals surface area (Å²) >= 11 is 0. The van der Waals surface area contributed by atoms with Crippen molar-refractivity contribution < 1.29 is 13.6 Å². The fourth-order valence-corrected chi connectivity index (χ4v) is 4.16. The van der Waals surface area contributed by atoms with Gasteiger partial charge in [-0.3, -0.25) is 14.5 Å². The molecule has 10 heteroatoms. The molecule has 1 fully saturated rings. The number of piperidine rings is 1. The van der Waals surface area contributed by atoms with Gasteiger partial charge in [0.05, 0.1) is 54.3 Å². The number of pyridine rings is 1. The zero-order valence-electron chi connectivity index (χ0n) is 17.7. The average Bonchev–Trinajstić information content (AvgIpc) is 3.52. The quantitative estimate of drug-likeness (QED) is 0.466. The predicted octanol–water partition coefficient (Wildman–Crippen LogP) is 3.50. The van der Waals surface area contributed by atoms with Crippen LogP contribution in [0.5, 0.6) is 0 Å². The minimum atomic E-state index is -0.494. The SMILES string of the molecule is O=C(c1cc(F)ccc1-n1nccn1)N1CCCC[C@H]1Cn1cc(-c2ccc(F)cn2)cn1. The molecule has 1 saturated heterocycles. The van der Waals surface area contributed by atoms with Crippen LogP contribution in [0.25, 0.3) is 16.9 Å². The first-order valence-corrected chi connectivity index (χ1v) is 10.7. The third-order valence-corrected chi connectivity index (χ3v) is 5.77. The predicted molar refractivity (Wildman–Crippen MR) is 115 cm³/mol. The van der Waals surface area contributed by atoms with E-state index in [0.717, 1.165) is 24.8 Å². The minimum Gasteiger partial charge on any atom is -0.334 e.